The number of nitrogens with zero attached hydrogens (tertiary/aromatic N) is 5. The monoisotopic (exact) mass is 430 g/mol. The summed E-state index contributed by atoms with van der Waals surface area (Å²) in [5.41, 5.74) is 1.05. The number of anilines is 1. The number of hydrogen-bond acceptors (Lipinski definition) is 8. The molecule has 1 atom stereocenters. The molecule has 0 aliphatic heterocycles. The van der Waals surface area contributed by atoms with Crippen LogP contribution in [0.25, 0.3) is 0 Å². The SMILES string of the molecule is C=CCn1c(COc2ccccc2C)nnc1S[C@H](C)C(=O)Nc1nnc(C)s1. The summed E-state index contributed by atoms with van der Waals surface area (Å²) in [6.45, 7) is 10.2. The van der Waals surface area contributed by atoms with E-state index in [9.17, 15) is 4.79 Å². The van der Waals surface area contributed by atoms with Crippen LogP contribution in [0.2, 0.25) is 0 Å². The summed E-state index contributed by atoms with van der Waals surface area (Å²) in [4.78, 5) is 12.5. The molecule has 10 heteroatoms. The first kappa shape index (κ1) is 21.0. The summed E-state index contributed by atoms with van der Waals surface area (Å²) in [6.07, 6.45) is 1.76. The molecule has 1 N–H and O–H groups in total. The van der Waals surface area contributed by atoms with E-state index in [0.717, 1.165) is 16.3 Å². The van der Waals surface area contributed by atoms with Gasteiger partial charge < -0.3 is 4.74 Å². The van der Waals surface area contributed by atoms with Crippen molar-refractivity contribution in [1.82, 2.24) is 25.0 Å². The maximum Gasteiger partial charge on any atom is 0.239 e. The lowest BCUT2D eigenvalue weighted by molar-refractivity contribution is -0.115. The molecule has 0 radical (unpaired) electrons. The zero-order valence-electron chi connectivity index (χ0n) is 16.5. The Kier molecular flexibility index (Phi) is 6.99. The lowest BCUT2D eigenvalue weighted by atomic mass is 10.2. The Bertz CT molecular complexity index is 1000. The van der Waals surface area contributed by atoms with Crippen molar-refractivity contribution in [1.29, 1.82) is 0 Å². The van der Waals surface area contributed by atoms with Crippen LogP contribution in [0, 0.1) is 13.8 Å². The van der Waals surface area contributed by atoms with Gasteiger partial charge >= 0.3 is 0 Å². The van der Waals surface area contributed by atoms with Gasteiger partial charge in [0.2, 0.25) is 11.0 Å². The van der Waals surface area contributed by atoms with Crippen LogP contribution in [0.1, 0.15) is 23.3 Å². The molecule has 2 aromatic heterocycles. The van der Waals surface area contributed by atoms with Gasteiger partial charge in [-0.3, -0.25) is 14.7 Å². The molecule has 152 valence electrons. The molecule has 1 aromatic carbocycles. The molecule has 2 heterocycles. The molecule has 0 fully saturated rings. The van der Waals surface area contributed by atoms with E-state index in [2.05, 4.69) is 32.3 Å². The van der Waals surface area contributed by atoms with Gasteiger partial charge in [0.25, 0.3) is 0 Å². The van der Waals surface area contributed by atoms with Crippen LogP contribution in [-0.4, -0.2) is 36.1 Å². The van der Waals surface area contributed by atoms with E-state index in [0.29, 0.717) is 22.7 Å². The summed E-state index contributed by atoms with van der Waals surface area (Å²) in [5, 5.41) is 20.6. The minimum absolute atomic E-state index is 0.169. The Labute approximate surface area is 177 Å². The number of allylic oxidation sites excluding steroid dienone is 1. The fourth-order valence-electron chi connectivity index (χ4n) is 2.45. The Morgan fingerprint density at radius 3 is 2.79 bits per heavy atom. The number of para-hydroxylation sites is 1. The molecule has 3 rings (SSSR count). The van der Waals surface area contributed by atoms with Gasteiger partial charge in [-0.25, -0.2) is 0 Å². The van der Waals surface area contributed by atoms with Crippen LogP contribution in [0.5, 0.6) is 5.75 Å². The van der Waals surface area contributed by atoms with Crippen molar-refractivity contribution in [3.8, 4) is 5.75 Å². The normalized spacial score (nSPS) is 11.8. The Hall–Kier alpha value is -2.72. The Morgan fingerprint density at radius 1 is 1.31 bits per heavy atom. The van der Waals surface area contributed by atoms with Crippen LogP contribution in [0.15, 0.2) is 42.1 Å². The highest BCUT2D eigenvalue weighted by Crippen LogP contribution is 2.25. The van der Waals surface area contributed by atoms with Crippen molar-refractivity contribution < 1.29 is 9.53 Å². The van der Waals surface area contributed by atoms with E-state index >= 15 is 0 Å². The predicted molar refractivity (Wildman–Crippen MR) is 114 cm³/mol. The molecular formula is C19H22N6O2S2. The van der Waals surface area contributed by atoms with Crippen molar-refractivity contribution in [2.45, 2.75) is 44.3 Å². The highest BCUT2D eigenvalue weighted by atomic mass is 32.2. The lowest BCUT2D eigenvalue weighted by Crippen LogP contribution is -2.23. The molecule has 29 heavy (non-hydrogen) atoms. The second kappa shape index (κ2) is 9.66. The molecule has 0 spiro atoms. The van der Waals surface area contributed by atoms with Gasteiger partial charge in [0.05, 0.1) is 5.25 Å². The number of rotatable bonds is 9. The average Bonchev–Trinajstić information content (AvgIpc) is 3.27. The number of aromatic nitrogens is 5. The topological polar surface area (TPSA) is 94.8 Å². The van der Waals surface area contributed by atoms with Crippen molar-refractivity contribution >= 4 is 34.1 Å². The van der Waals surface area contributed by atoms with Crippen LogP contribution in [0.4, 0.5) is 5.13 Å². The van der Waals surface area contributed by atoms with E-state index in [1.165, 1.54) is 23.1 Å². The molecule has 8 nitrogen and oxygen atoms in total. The highest BCUT2D eigenvalue weighted by molar-refractivity contribution is 8.00. The largest absolute Gasteiger partial charge is 0.485 e. The second-order valence-corrected chi connectivity index (χ2v) is 8.72. The number of ether oxygens (including phenoxy) is 1. The van der Waals surface area contributed by atoms with Crippen LogP contribution < -0.4 is 10.1 Å². The van der Waals surface area contributed by atoms with Gasteiger partial charge in [0.15, 0.2) is 11.0 Å². The third kappa shape index (κ3) is 5.42. The van der Waals surface area contributed by atoms with Gasteiger partial charge in [0.1, 0.15) is 17.4 Å². The molecule has 3 aromatic rings. The molecule has 0 saturated carbocycles. The Balaban J connectivity index is 1.68. The highest BCUT2D eigenvalue weighted by Gasteiger charge is 2.21. The zero-order chi connectivity index (χ0) is 20.8. The van der Waals surface area contributed by atoms with Crippen molar-refractivity contribution in [3.05, 3.63) is 53.3 Å². The van der Waals surface area contributed by atoms with E-state index in [1.54, 1.807) is 6.08 Å². The van der Waals surface area contributed by atoms with E-state index in [1.807, 2.05) is 49.6 Å². The Morgan fingerprint density at radius 2 is 2.10 bits per heavy atom. The van der Waals surface area contributed by atoms with Gasteiger partial charge in [0, 0.05) is 6.54 Å². The number of amides is 1. The number of nitrogens with one attached hydrogen (secondary N) is 1. The van der Waals surface area contributed by atoms with E-state index in [4.69, 9.17) is 4.74 Å². The average molecular weight is 431 g/mol. The first-order valence-electron chi connectivity index (χ1n) is 8.97. The summed E-state index contributed by atoms with van der Waals surface area (Å²) in [6, 6.07) is 7.80. The number of hydrogen-bond donors (Lipinski definition) is 1. The smallest absolute Gasteiger partial charge is 0.239 e. The first-order chi connectivity index (χ1) is 14.0. The number of thioether (sulfide) groups is 1. The quantitative estimate of drug-likeness (QED) is 0.409. The number of benzene rings is 1. The van der Waals surface area contributed by atoms with Crippen LogP contribution in [-0.2, 0) is 17.9 Å². The van der Waals surface area contributed by atoms with E-state index in [-0.39, 0.29) is 12.5 Å². The van der Waals surface area contributed by atoms with E-state index < -0.39 is 5.25 Å². The fraction of sp³-hybridized carbons (Fsp3) is 0.316. The predicted octanol–water partition coefficient (Wildman–Crippen LogP) is 3.63. The maximum atomic E-state index is 12.5. The summed E-state index contributed by atoms with van der Waals surface area (Å²) < 4.78 is 7.79. The third-order valence-electron chi connectivity index (χ3n) is 3.96. The number of aryl methyl sites for hydroxylation is 2. The fourth-order valence-corrected chi connectivity index (χ4v) is 3.92. The molecule has 0 bridgehead atoms. The summed E-state index contributed by atoms with van der Waals surface area (Å²) in [5.74, 6) is 1.30. The van der Waals surface area contributed by atoms with Crippen LogP contribution in [0.3, 0.4) is 0 Å². The van der Waals surface area contributed by atoms with Gasteiger partial charge in [-0.05, 0) is 32.4 Å². The lowest BCUT2D eigenvalue weighted by Gasteiger charge is -2.12. The van der Waals surface area contributed by atoms with Crippen molar-refractivity contribution in [3.63, 3.8) is 0 Å². The third-order valence-corrected chi connectivity index (χ3v) is 5.80. The van der Waals surface area contributed by atoms with Crippen molar-refractivity contribution in [2.75, 3.05) is 5.32 Å². The minimum atomic E-state index is -0.392. The van der Waals surface area contributed by atoms with Crippen molar-refractivity contribution in [2.24, 2.45) is 0 Å². The van der Waals surface area contributed by atoms with Crippen LogP contribution >= 0.6 is 23.1 Å². The molecule has 1 amide bonds. The number of carbonyl (C=O) groups excluding carboxylic acids is 1. The molecule has 0 aliphatic carbocycles. The minimum Gasteiger partial charge on any atom is -0.485 e. The maximum absolute atomic E-state index is 12.5. The molecular weight excluding hydrogens is 408 g/mol. The molecule has 0 saturated heterocycles. The standard InChI is InChI=1S/C19H22N6O2S2/c1-5-10-25-16(11-27-15-9-7-6-8-12(15)2)22-24-19(25)28-13(3)17(26)20-18-23-21-14(4)29-18/h5-9,13H,1,10-11H2,2-4H3,(H,20,23,26)/t13-/m1/s1. The van der Waals surface area contributed by atoms with Gasteiger partial charge in [-0.2, -0.15) is 0 Å². The first-order valence-corrected chi connectivity index (χ1v) is 10.7. The van der Waals surface area contributed by atoms with Gasteiger partial charge in [-0.15, -0.1) is 27.0 Å². The molecule has 0 aliphatic rings. The summed E-state index contributed by atoms with van der Waals surface area (Å²) >= 11 is 2.65. The number of carbonyl (C=O) groups is 1. The van der Waals surface area contributed by atoms with Gasteiger partial charge in [-0.1, -0.05) is 47.4 Å². The molecule has 0 unspecified atom stereocenters. The zero-order valence-corrected chi connectivity index (χ0v) is 18.1. The summed E-state index contributed by atoms with van der Waals surface area (Å²) in [7, 11) is 0. The second-order valence-electron chi connectivity index (χ2n) is 6.23.